The van der Waals surface area contributed by atoms with Gasteiger partial charge in [0.1, 0.15) is 0 Å². The Labute approximate surface area is 165 Å². The van der Waals surface area contributed by atoms with E-state index in [4.69, 9.17) is 0 Å². The van der Waals surface area contributed by atoms with E-state index in [-0.39, 0.29) is 0 Å². The molecule has 3 heteroatoms. The molecular weight excluding hydrogens is 407 g/mol. The van der Waals surface area contributed by atoms with Crippen molar-refractivity contribution in [1.82, 2.24) is 0 Å². The standard InChI is InChI=1S/C22H22S2Se/c1-15-16(2)24-22(23-15)19-13-20(17-9-5-3-6-10-17)25-21(14-19)18-11-7-4-8-12-18/h3-12,20-21H,13-14H2,1-2H3. The van der Waals surface area contributed by atoms with Gasteiger partial charge in [0, 0.05) is 0 Å². The zero-order chi connectivity index (χ0) is 17.2. The minimum absolute atomic E-state index is 0.595. The van der Waals surface area contributed by atoms with Gasteiger partial charge in [-0.2, -0.15) is 0 Å². The zero-order valence-corrected chi connectivity index (χ0v) is 17.9. The van der Waals surface area contributed by atoms with Crippen LogP contribution in [0.5, 0.6) is 0 Å². The first-order valence-electron chi connectivity index (χ1n) is 8.71. The summed E-state index contributed by atoms with van der Waals surface area (Å²) in [4.78, 5) is 4.35. The van der Waals surface area contributed by atoms with Gasteiger partial charge in [0.2, 0.25) is 0 Å². The quantitative estimate of drug-likeness (QED) is 0.476. The molecule has 0 aromatic heterocycles. The van der Waals surface area contributed by atoms with Gasteiger partial charge in [0.25, 0.3) is 0 Å². The average molecular weight is 430 g/mol. The molecule has 2 aromatic rings. The predicted octanol–water partition coefficient (Wildman–Crippen LogP) is 6.91. The topological polar surface area (TPSA) is 0 Å². The van der Waals surface area contributed by atoms with Gasteiger partial charge in [0.05, 0.1) is 0 Å². The molecule has 0 bridgehead atoms. The molecule has 2 atom stereocenters. The molecule has 2 aliphatic heterocycles. The second kappa shape index (κ2) is 7.80. The molecule has 0 amide bonds. The van der Waals surface area contributed by atoms with Crippen LogP contribution in [0.1, 0.15) is 47.4 Å². The van der Waals surface area contributed by atoms with Crippen molar-refractivity contribution in [2.45, 2.75) is 36.3 Å². The van der Waals surface area contributed by atoms with E-state index in [2.05, 4.69) is 74.5 Å². The molecule has 0 aliphatic carbocycles. The Kier molecular flexibility index (Phi) is 5.47. The van der Waals surface area contributed by atoms with E-state index >= 15 is 0 Å². The molecule has 0 radical (unpaired) electrons. The van der Waals surface area contributed by atoms with Crippen LogP contribution >= 0.6 is 23.5 Å². The van der Waals surface area contributed by atoms with E-state index in [1.54, 1.807) is 9.81 Å². The van der Waals surface area contributed by atoms with Gasteiger partial charge < -0.3 is 0 Å². The summed E-state index contributed by atoms with van der Waals surface area (Å²) in [6, 6.07) is 22.3. The third-order valence-electron chi connectivity index (χ3n) is 4.81. The van der Waals surface area contributed by atoms with E-state index in [1.807, 2.05) is 23.5 Å². The second-order valence-electron chi connectivity index (χ2n) is 6.55. The maximum absolute atomic E-state index is 2.33. The summed E-state index contributed by atoms with van der Waals surface area (Å²) in [7, 11) is 0. The van der Waals surface area contributed by atoms with E-state index < -0.39 is 0 Å². The van der Waals surface area contributed by atoms with Gasteiger partial charge in [-0.15, -0.1) is 0 Å². The van der Waals surface area contributed by atoms with Crippen LogP contribution in [0.15, 0.2) is 80.3 Å². The molecule has 2 unspecified atom stereocenters. The fourth-order valence-corrected chi connectivity index (χ4v) is 9.34. The van der Waals surface area contributed by atoms with Crippen LogP contribution in [0.2, 0.25) is 0 Å². The molecular formula is C22H22S2Se. The summed E-state index contributed by atoms with van der Waals surface area (Å²) in [6.07, 6.45) is 2.48. The molecule has 2 aromatic carbocycles. The van der Waals surface area contributed by atoms with E-state index in [9.17, 15) is 0 Å². The van der Waals surface area contributed by atoms with Crippen molar-refractivity contribution >= 4 is 38.5 Å². The summed E-state index contributed by atoms with van der Waals surface area (Å²) in [5.74, 6) is 0. The molecule has 2 heterocycles. The minimum atomic E-state index is 0.595. The van der Waals surface area contributed by atoms with Crippen molar-refractivity contribution < 1.29 is 0 Å². The number of allylic oxidation sites excluding steroid dienone is 3. The van der Waals surface area contributed by atoms with Crippen molar-refractivity contribution in [1.29, 1.82) is 0 Å². The van der Waals surface area contributed by atoms with Crippen LogP contribution in [0.3, 0.4) is 0 Å². The normalized spacial score (nSPS) is 24.1. The van der Waals surface area contributed by atoms with Gasteiger partial charge in [-0.3, -0.25) is 0 Å². The van der Waals surface area contributed by atoms with Crippen molar-refractivity contribution in [3.63, 3.8) is 0 Å². The van der Waals surface area contributed by atoms with Gasteiger partial charge in [-0.1, -0.05) is 0 Å². The van der Waals surface area contributed by atoms with Crippen molar-refractivity contribution in [3.05, 3.63) is 91.4 Å². The molecule has 0 nitrogen and oxygen atoms in total. The number of thioether (sulfide) groups is 2. The average Bonchev–Trinajstić information content (AvgIpc) is 3.02. The monoisotopic (exact) mass is 430 g/mol. The molecule has 4 rings (SSSR count). The maximum atomic E-state index is 2.33. The van der Waals surface area contributed by atoms with Gasteiger partial charge in [0.15, 0.2) is 0 Å². The first kappa shape index (κ1) is 17.5. The van der Waals surface area contributed by atoms with E-state index in [0.717, 1.165) is 0 Å². The Morgan fingerprint density at radius 3 is 1.60 bits per heavy atom. The Bertz CT molecular complexity index is 743. The number of hydrogen-bond donors (Lipinski definition) is 0. The van der Waals surface area contributed by atoms with E-state index in [1.165, 1.54) is 33.8 Å². The number of benzene rings is 2. The Balaban J connectivity index is 1.67. The van der Waals surface area contributed by atoms with Gasteiger partial charge in [-0.05, 0) is 0 Å². The molecule has 0 spiro atoms. The fraction of sp³-hybridized carbons (Fsp3) is 0.273. The van der Waals surface area contributed by atoms with Crippen LogP contribution in [0.4, 0.5) is 0 Å². The third kappa shape index (κ3) is 3.95. The van der Waals surface area contributed by atoms with Crippen LogP contribution in [0, 0.1) is 0 Å². The van der Waals surface area contributed by atoms with Crippen molar-refractivity contribution in [2.24, 2.45) is 0 Å². The summed E-state index contributed by atoms with van der Waals surface area (Å²) < 4.78 is 1.56. The van der Waals surface area contributed by atoms with Crippen molar-refractivity contribution in [2.75, 3.05) is 0 Å². The summed E-state index contributed by atoms with van der Waals surface area (Å²) in [5.41, 5.74) is 4.73. The molecule has 0 N–H and O–H groups in total. The first-order valence-corrected chi connectivity index (χ1v) is 12.3. The number of rotatable bonds is 2. The summed E-state index contributed by atoms with van der Waals surface area (Å²) >= 11 is 4.60. The second-order valence-corrected chi connectivity index (χ2v) is 12.2. The zero-order valence-electron chi connectivity index (χ0n) is 14.6. The first-order chi connectivity index (χ1) is 12.2. The van der Waals surface area contributed by atoms with Crippen LogP contribution < -0.4 is 0 Å². The van der Waals surface area contributed by atoms with E-state index in [0.29, 0.717) is 24.6 Å². The predicted molar refractivity (Wildman–Crippen MR) is 114 cm³/mol. The molecule has 1 fully saturated rings. The Morgan fingerprint density at radius 2 is 1.16 bits per heavy atom. The molecule has 0 saturated carbocycles. The van der Waals surface area contributed by atoms with Crippen LogP contribution in [-0.2, 0) is 0 Å². The van der Waals surface area contributed by atoms with Gasteiger partial charge >= 0.3 is 166 Å². The van der Waals surface area contributed by atoms with Crippen molar-refractivity contribution in [3.8, 4) is 0 Å². The SMILES string of the molecule is CC1=C(C)SC(=C2CC(c3ccccc3)[Se]C(c3ccccc3)C2)S1. The molecule has 25 heavy (non-hydrogen) atoms. The Hall–Kier alpha value is -0.861. The molecule has 2 aliphatic rings. The molecule has 1 saturated heterocycles. The number of hydrogen-bond acceptors (Lipinski definition) is 2. The fourth-order valence-electron chi connectivity index (χ4n) is 3.31. The Morgan fingerprint density at radius 1 is 0.720 bits per heavy atom. The van der Waals surface area contributed by atoms with Crippen LogP contribution in [0.25, 0.3) is 0 Å². The summed E-state index contributed by atoms with van der Waals surface area (Å²) in [5, 5.41) is 0. The summed E-state index contributed by atoms with van der Waals surface area (Å²) in [6.45, 7) is 4.52. The third-order valence-corrected chi connectivity index (χ3v) is 10.8. The van der Waals surface area contributed by atoms with Gasteiger partial charge in [-0.25, -0.2) is 0 Å². The van der Waals surface area contributed by atoms with Crippen LogP contribution in [-0.4, -0.2) is 15.0 Å². The molecule has 128 valence electrons.